The van der Waals surface area contributed by atoms with Gasteiger partial charge in [-0.2, -0.15) is 0 Å². The van der Waals surface area contributed by atoms with Crippen molar-refractivity contribution in [1.29, 1.82) is 0 Å². The molecule has 0 heterocycles. The summed E-state index contributed by atoms with van der Waals surface area (Å²) in [5, 5.41) is 10.6. The number of aliphatic hydroxyl groups excluding tert-OH is 1. The van der Waals surface area contributed by atoms with Gasteiger partial charge in [-0.3, -0.25) is 37.3 Å². The smallest absolute Gasteiger partial charge is 0.462 e. The molecule has 19 heteroatoms. The van der Waals surface area contributed by atoms with E-state index < -0.39 is 97.5 Å². The van der Waals surface area contributed by atoms with Gasteiger partial charge in [0.25, 0.3) is 0 Å². The van der Waals surface area contributed by atoms with Gasteiger partial charge in [-0.05, 0) is 49.4 Å². The molecular weight excluding hydrogens is 1260 g/mol. The summed E-state index contributed by atoms with van der Waals surface area (Å²) in [6.07, 6.45) is 51.4. The molecule has 0 rings (SSSR count). The second-order valence-corrected chi connectivity index (χ2v) is 32.3. The molecule has 0 saturated heterocycles. The third-order valence-corrected chi connectivity index (χ3v) is 20.1. The van der Waals surface area contributed by atoms with Crippen molar-refractivity contribution in [1.82, 2.24) is 0 Å². The highest BCUT2D eigenvalue weighted by molar-refractivity contribution is 7.47. The molecule has 0 aromatic heterocycles. The Morgan fingerprint density at radius 1 is 0.292 bits per heavy atom. The average Bonchev–Trinajstić information content (AvgIpc) is 2.03. The Morgan fingerprint density at radius 2 is 0.500 bits per heavy atom. The molecule has 3 N–H and O–H groups in total. The molecule has 0 aliphatic carbocycles. The zero-order valence-electron chi connectivity index (χ0n) is 63.0. The van der Waals surface area contributed by atoms with E-state index in [1.165, 1.54) is 186 Å². The Labute approximate surface area is 588 Å². The van der Waals surface area contributed by atoms with Crippen LogP contribution < -0.4 is 0 Å². The van der Waals surface area contributed by atoms with Gasteiger partial charge in [-0.15, -0.1) is 0 Å². The van der Waals surface area contributed by atoms with E-state index in [0.29, 0.717) is 31.6 Å². The van der Waals surface area contributed by atoms with Gasteiger partial charge < -0.3 is 33.8 Å². The first kappa shape index (κ1) is 94.1. The van der Waals surface area contributed by atoms with Crippen molar-refractivity contribution in [3.05, 3.63) is 0 Å². The second kappa shape index (κ2) is 66.3. The molecule has 0 amide bonds. The molecule has 0 aliphatic heterocycles. The van der Waals surface area contributed by atoms with Crippen LogP contribution in [0.2, 0.25) is 0 Å². The molecule has 0 fully saturated rings. The highest BCUT2D eigenvalue weighted by atomic mass is 31.2. The molecule has 6 atom stereocenters. The van der Waals surface area contributed by atoms with E-state index in [9.17, 15) is 43.2 Å². The van der Waals surface area contributed by atoms with E-state index in [1.54, 1.807) is 0 Å². The maximum absolute atomic E-state index is 13.1. The number of esters is 4. The molecule has 0 radical (unpaired) electrons. The Morgan fingerprint density at radius 3 is 0.740 bits per heavy atom. The van der Waals surface area contributed by atoms with Gasteiger partial charge in [-0.25, -0.2) is 9.13 Å². The predicted octanol–water partition coefficient (Wildman–Crippen LogP) is 22.4. The molecule has 0 aliphatic rings. The van der Waals surface area contributed by atoms with Crippen molar-refractivity contribution in [2.45, 2.75) is 408 Å². The molecule has 0 bridgehead atoms. The maximum atomic E-state index is 13.1. The predicted molar refractivity (Wildman–Crippen MR) is 391 cm³/mol. The number of phosphoric acid groups is 2. The first-order chi connectivity index (χ1) is 46.1. The van der Waals surface area contributed by atoms with E-state index in [4.69, 9.17) is 37.0 Å². The van der Waals surface area contributed by atoms with Crippen molar-refractivity contribution >= 4 is 39.5 Å². The fourth-order valence-corrected chi connectivity index (χ4v) is 13.3. The van der Waals surface area contributed by atoms with Crippen LogP contribution in [0.4, 0.5) is 0 Å². The number of carbonyl (C=O) groups is 4. The van der Waals surface area contributed by atoms with Crippen molar-refractivity contribution in [2.75, 3.05) is 39.6 Å². The molecule has 17 nitrogen and oxygen atoms in total. The Kier molecular flexibility index (Phi) is 65.0. The maximum Gasteiger partial charge on any atom is 0.472 e. The Hall–Kier alpha value is -1.94. The molecule has 570 valence electrons. The van der Waals surface area contributed by atoms with E-state index in [0.717, 1.165) is 114 Å². The number of unbranched alkanes of at least 4 members (excludes halogenated alkanes) is 39. The van der Waals surface area contributed by atoms with Crippen LogP contribution in [0, 0.1) is 23.7 Å². The summed E-state index contributed by atoms with van der Waals surface area (Å²) in [5.41, 5.74) is 0. The average molecular weight is 1410 g/mol. The fourth-order valence-electron chi connectivity index (χ4n) is 11.7. The summed E-state index contributed by atoms with van der Waals surface area (Å²) in [6.45, 7) is 14.2. The molecular formula is C77H150O17P2. The number of hydrogen-bond acceptors (Lipinski definition) is 15. The van der Waals surface area contributed by atoms with Gasteiger partial charge in [0, 0.05) is 25.7 Å². The monoisotopic (exact) mass is 1410 g/mol. The number of aliphatic hydroxyl groups is 1. The van der Waals surface area contributed by atoms with Crippen molar-refractivity contribution in [3.8, 4) is 0 Å². The topological polar surface area (TPSA) is 237 Å². The van der Waals surface area contributed by atoms with Crippen LogP contribution in [-0.2, 0) is 65.4 Å². The third kappa shape index (κ3) is 69.2. The van der Waals surface area contributed by atoms with Crippen LogP contribution in [-0.4, -0.2) is 96.7 Å². The van der Waals surface area contributed by atoms with Gasteiger partial charge in [0.05, 0.1) is 26.4 Å². The minimum atomic E-state index is -4.96. The van der Waals surface area contributed by atoms with E-state index in [-0.39, 0.29) is 25.7 Å². The van der Waals surface area contributed by atoms with Gasteiger partial charge in [0.15, 0.2) is 12.2 Å². The lowest BCUT2D eigenvalue weighted by molar-refractivity contribution is -0.161. The van der Waals surface area contributed by atoms with Crippen LogP contribution >= 0.6 is 15.6 Å². The summed E-state index contributed by atoms with van der Waals surface area (Å²) in [4.78, 5) is 72.8. The normalized spacial score (nSPS) is 14.4. The lowest BCUT2D eigenvalue weighted by Crippen LogP contribution is -2.30. The van der Waals surface area contributed by atoms with E-state index in [2.05, 4.69) is 55.4 Å². The SMILES string of the molecule is CCC(C)CCCCCCCCCCCCC(=O)O[C@H](COC(=O)CCCCCCCCC(C)C)COP(=O)(O)OC[C@H](O)COP(=O)(O)OC[C@@H](COC(=O)CCCCCCCCCCCCCCCCC(C)C)OC(=O)CCCCCCCCCCCCCCCC(C)C. The van der Waals surface area contributed by atoms with Crippen LogP contribution in [0.15, 0.2) is 0 Å². The van der Waals surface area contributed by atoms with Crippen molar-refractivity contribution in [3.63, 3.8) is 0 Å². The van der Waals surface area contributed by atoms with Crippen LogP contribution in [0.5, 0.6) is 0 Å². The summed E-state index contributed by atoms with van der Waals surface area (Å²) in [5.74, 6) is 0.947. The van der Waals surface area contributed by atoms with Crippen LogP contribution in [0.25, 0.3) is 0 Å². The summed E-state index contributed by atoms with van der Waals surface area (Å²) in [7, 11) is -9.91. The molecule has 0 aromatic carbocycles. The number of ether oxygens (including phenoxy) is 4. The molecule has 0 spiro atoms. The summed E-state index contributed by atoms with van der Waals surface area (Å²) >= 11 is 0. The minimum absolute atomic E-state index is 0.105. The zero-order valence-corrected chi connectivity index (χ0v) is 64.8. The van der Waals surface area contributed by atoms with Gasteiger partial charge >= 0.3 is 39.5 Å². The quantitative estimate of drug-likeness (QED) is 0.0222. The van der Waals surface area contributed by atoms with E-state index >= 15 is 0 Å². The van der Waals surface area contributed by atoms with Crippen LogP contribution in [0.1, 0.15) is 389 Å². The van der Waals surface area contributed by atoms with Crippen LogP contribution in [0.3, 0.4) is 0 Å². The third-order valence-electron chi connectivity index (χ3n) is 18.2. The fraction of sp³-hybridized carbons (Fsp3) is 0.948. The van der Waals surface area contributed by atoms with E-state index in [1.807, 2.05) is 0 Å². The molecule has 0 aromatic rings. The number of carbonyl (C=O) groups excluding carboxylic acids is 4. The highest BCUT2D eigenvalue weighted by Crippen LogP contribution is 2.45. The first-order valence-corrected chi connectivity index (χ1v) is 42.7. The highest BCUT2D eigenvalue weighted by Gasteiger charge is 2.30. The Bertz CT molecular complexity index is 1890. The van der Waals surface area contributed by atoms with Gasteiger partial charge in [0.2, 0.25) is 0 Å². The number of rotatable bonds is 74. The lowest BCUT2D eigenvalue weighted by Gasteiger charge is -2.21. The Balaban J connectivity index is 5.24. The van der Waals surface area contributed by atoms with Crippen molar-refractivity contribution < 1.29 is 80.2 Å². The molecule has 3 unspecified atom stereocenters. The molecule has 0 saturated carbocycles. The zero-order chi connectivity index (χ0) is 71.0. The molecule has 96 heavy (non-hydrogen) atoms. The first-order valence-electron chi connectivity index (χ1n) is 39.7. The van der Waals surface area contributed by atoms with Crippen molar-refractivity contribution in [2.24, 2.45) is 23.7 Å². The van der Waals surface area contributed by atoms with Gasteiger partial charge in [0.1, 0.15) is 19.3 Å². The lowest BCUT2D eigenvalue weighted by atomic mass is 9.99. The minimum Gasteiger partial charge on any atom is -0.462 e. The summed E-state index contributed by atoms with van der Waals surface area (Å²) in [6, 6.07) is 0. The summed E-state index contributed by atoms with van der Waals surface area (Å²) < 4.78 is 68.5. The second-order valence-electron chi connectivity index (χ2n) is 29.4. The van der Waals surface area contributed by atoms with Gasteiger partial charge in [-0.1, -0.05) is 338 Å². The number of phosphoric ester groups is 2. The number of hydrogen-bond donors (Lipinski definition) is 3. The standard InChI is InChI=1S/C77H150O17P2/c1-9-70(8)56-48-40-31-25-21-22-28-34-44-52-60-77(82)94-73(64-88-75(80)58-50-42-36-35-39-47-55-69(6)7)66-92-96(85,86)90-62-71(78)61-89-95(83,84)91-65-72(93-76(81)59-51-43-33-27-20-16-12-14-18-24-30-38-46-54-68(4)5)63-87-74(79)57-49-41-32-26-19-15-11-10-13-17-23-29-37-45-53-67(2)3/h67-73,78H,9-66H2,1-8H3,(H,83,84)(H,85,86)/t70?,71-,72-,73-/m1/s1. The largest absolute Gasteiger partial charge is 0.472 e.